The highest BCUT2D eigenvalue weighted by Gasteiger charge is 2.15. The van der Waals surface area contributed by atoms with Crippen LogP contribution in [0.15, 0.2) is 47.7 Å². The lowest BCUT2D eigenvalue weighted by atomic mass is 9.92. The monoisotopic (exact) mass is 327 g/mol. The van der Waals surface area contributed by atoms with Gasteiger partial charge in [-0.05, 0) is 55.9 Å². The Morgan fingerprint density at radius 2 is 1.79 bits per heavy atom. The standard InChI is InChI=1S/C20H25NO3/c1-16-3-5-20(6-4-16)21(2)13-18(12-19(14-22)15-23)11-17-7-9-24-10-8-17/h3-6,12-15,17H,7-11H2,1-2H3/b18-13-. The molecule has 0 amide bonds. The van der Waals surface area contributed by atoms with Crippen molar-refractivity contribution < 1.29 is 14.3 Å². The fraction of sp³-hybridized carbons (Fsp3) is 0.400. The minimum Gasteiger partial charge on any atom is -0.381 e. The minimum absolute atomic E-state index is 0.172. The van der Waals surface area contributed by atoms with E-state index in [2.05, 4.69) is 31.2 Å². The zero-order valence-corrected chi connectivity index (χ0v) is 14.4. The molecule has 1 saturated heterocycles. The van der Waals surface area contributed by atoms with Crippen molar-refractivity contribution in [3.05, 3.63) is 53.3 Å². The first-order chi connectivity index (χ1) is 11.6. The Morgan fingerprint density at radius 1 is 1.17 bits per heavy atom. The Bertz CT molecular complexity index is 600. The van der Waals surface area contributed by atoms with Crippen LogP contribution in [0.1, 0.15) is 24.8 Å². The quantitative estimate of drug-likeness (QED) is 0.253. The van der Waals surface area contributed by atoms with E-state index < -0.39 is 0 Å². The van der Waals surface area contributed by atoms with Crippen molar-refractivity contribution in [2.45, 2.75) is 26.2 Å². The maximum absolute atomic E-state index is 11.0. The summed E-state index contributed by atoms with van der Waals surface area (Å²) < 4.78 is 5.41. The molecule has 0 aliphatic carbocycles. The van der Waals surface area contributed by atoms with E-state index in [9.17, 15) is 9.59 Å². The summed E-state index contributed by atoms with van der Waals surface area (Å²) in [5.41, 5.74) is 3.43. The third kappa shape index (κ3) is 5.46. The molecule has 0 N–H and O–H groups in total. The molecule has 0 saturated carbocycles. The van der Waals surface area contributed by atoms with Crippen molar-refractivity contribution in [2.75, 3.05) is 25.2 Å². The molecule has 1 aromatic rings. The van der Waals surface area contributed by atoms with Crippen molar-refractivity contribution in [1.82, 2.24) is 0 Å². The predicted octanol–water partition coefficient (Wildman–Crippen LogP) is 3.46. The Hall–Kier alpha value is -2.20. The molecule has 0 bridgehead atoms. The van der Waals surface area contributed by atoms with E-state index in [-0.39, 0.29) is 5.57 Å². The van der Waals surface area contributed by atoms with E-state index in [1.54, 1.807) is 6.08 Å². The molecule has 1 aliphatic rings. The molecule has 2 rings (SSSR count). The number of hydrogen-bond donors (Lipinski definition) is 0. The van der Waals surface area contributed by atoms with Gasteiger partial charge in [0.1, 0.15) is 0 Å². The summed E-state index contributed by atoms with van der Waals surface area (Å²) >= 11 is 0. The van der Waals surface area contributed by atoms with Crippen LogP contribution in [0.4, 0.5) is 5.69 Å². The number of carbonyl (C=O) groups is 2. The molecular weight excluding hydrogens is 302 g/mol. The maximum atomic E-state index is 11.0. The van der Waals surface area contributed by atoms with Gasteiger partial charge in [0, 0.05) is 32.1 Å². The van der Waals surface area contributed by atoms with Gasteiger partial charge in [0.2, 0.25) is 0 Å². The van der Waals surface area contributed by atoms with Gasteiger partial charge in [-0.3, -0.25) is 9.59 Å². The van der Waals surface area contributed by atoms with E-state index >= 15 is 0 Å². The van der Waals surface area contributed by atoms with Crippen LogP contribution >= 0.6 is 0 Å². The normalized spacial score (nSPS) is 15.7. The number of rotatable bonds is 7. The first-order valence-electron chi connectivity index (χ1n) is 8.32. The summed E-state index contributed by atoms with van der Waals surface area (Å²) in [4.78, 5) is 24.0. The van der Waals surface area contributed by atoms with Crippen molar-refractivity contribution in [3.63, 3.8) is 0 Å². The highest BCUT2D eigenvalue weighted by Crippen LogP contribution is 2.25. The van der Waals surface area contributed by atoms with Gasteiger partial charge in [-0.25, -0.2) is 0 Å². The number of hydrogen-bond acceptors (Lipinski definition) is 4. The highest BCUT2D eigenvalue weighted by molar-refractivity contribution is 5.99. The van der Waals surface area contributed by atoms with E-state index in [1.165, 1.54) is 5.56 Å². The molecule has 1 aromatic carbocycles. The summed E-state index contributed by atoms with van der Waals surface area (Å²) in [7, 11) is 1.98. The van der Waals surface area contributed by atoms with Crippen LogP contribution in [0.25, 0.3) is 0 Å². The van der Waals surface area contributed by atoms with E-state index in [0.29, 0.717) is 18.5 Å². The van der Waals surface area contributed by atoms with Crippen LogP contribution in [-0.2, 0) is 14.3 Å². The average molecular weight is 327 g/mol. The van der Waals surface area contributed by atoms with E-state index in [4.69, 9.17) is 4.74 Å². The summed E-state index contributed by atoms with van der Waals surface area (Å²) in [6.07, 6.45) is 7.78. The fourth-order valence-corrected chi connectivity index (χ4v) is 2.85. The Morgan fingerprint density at radius 3 is 2.38 bits per heavy atom. The molecule has 0 spiro atoms. The molecule has 4 heteroatoms. The van der Waals surface area contributed by atoms with Crippen LogP contribution in [0, 0.1) is 12.8 Å². The van der Waals surface area contributed by atoms with Crippen LogP contribution in [0.3, 0.4) is 0 Å². The number of aryl methyl sites for hydroxylation is 1. The number of nitrogens with zero attached hydrogens (tertiary/aromatic N) is 1. The lowest BCUT2D eigenvalue weighted by Crippen LogP contribution is -2.17. The van der Waals surface area contributed by atoms with Crippen LogP contribution in [0.5, 0.6) is 0 Å². The van der Waals surface area contributed by atoms with E-state index in [1.807, 2.05) is 18.1 Å². The average Bonchev–Trinajstić information content (AvgIpc) is 2.60. The summed E-state index contributed by atoms with van der Waals surface area (Å²) in [6.45, 7) is 3.62. The van der Waals surface area contributed by atoms with Crippen molar-refractivity contribution in [1.29, 1.82) is 0 Å². The highest BCUT2D eigenvalue weighted by atomic mass is 16.5. The number of allylic oxidation sites excluding steroid dienone is 3. The number of anilines is 1. The lowest BCUT2D eigenvalue weighted by Gasteiger charge is -2.23. The molecule has 24 heavy (non-hydrogen) atoms. The molecule has 4 nitrogen and oxygen atoms in total. The van der Waals surface area contributed by atoms with Gasteiger partial charge >= 0.3 is 0 Å². The summed E-state index contributed by atoms with van der Waals surface area (Å²) in [5, 5.41) is 0. The topological polar surface area (TPSA) is 46.6 Å². The SMILES string of the molecule is Cc1ccc(N(C)/C=C(\C=C(C=O)C=O)CC2CCOCC2)cc1. The largest absolute Gasteiger partial charge is 0.381 e. The summed E-state index contributed by atoms with van der Waals surface area (Å²) in [6, 6.07) is 8.25. The van der Waals surface area contributed by atoms with Gasteiger partial charge in [0.15, 0.2) is 12.6 Å². The van der Waals surface area contributed by atoms with Crippen molar-refractivity contribution >= 4 is 18.3 Å². The van der Waals surface area contributed by atoms with Crippen LogP contribution in [-0.4, -0.2) is 32.8 Å². The smallest absolute Gasteiger partial charge is 0.153 e. The van der Waals surface area contributed by atoms with Gasteiger partial charge in [-0.1, -0.05) is 17.7 Å². The molecule has 0 aromatic heterocycles. The first-order valence-corrected chi connectivity index (χ1v) is 8.32. The second-order valence-corrected chi connectivity index (χ2v) is 6.29. The number of ether oxygens (including phenoxy) is 1. The van der Waals surface area contributed by atoms with Gasteiger partial charge in [-0.2, -0.15) is 0 Å². The van der Waals surface area contributed by atoms with Gasteiger partial charge in [0.25, 0.3) is 0 Å². The third-order valence-electron chi connectivity index (χ3n) is 4.29. The number of aldehydes is 2. The zero-order chi connectivity index (χ0) is 17.4. The summed E-state index contributed by atoms with van der Waals surface area (Å²) in [5.74, 6) is 0.521. The van der Waals surface area contributed by atoms with Crippen LogP contribution < -0.4 is 4.90 Å². The Kier molecular flexibility index (Phi) is 6.94. The first kappa shape index (κ1) is 18.1. The lowest BCUT2D eigenvalue weighted by molar-refractivity contribution is -0.109. The fourth-order valence-electron chi connectivity index (χ4n) is 2.85. The molecule has 128 valence electrons. The van der Waals surface area contributed by atoms with Gasteiger partial charge in [0.05, 0.1) is 5.57 Å². The van der Waals surface area contributed by atoms with Gasteiger partial charge in [-0.15, -0.1) is 0 Å². The molecule has 1 aliphatic heterocycles. The molecule has 0 unspecified atom stereocenters. The minimum atomic E-state index is 0.172. The van der Waals surface area contributed by atoms with Crippen LogP contribution in [0.2, 0.25) is 0 Å². The van der Waals surface area contributed by atoms with Gasteiger partial charge < -0.3 is 9.64 Å². The molecule has 0 atom stereocenters. The molecular formula is C20H25NO3. The number of carbonyl (C=O) groups excluding carboxylic acids is 2. The molecule has 1 heterocycles. The second kappa shape index (κ2) is 9.18. The zero-order valence-electron chi connectivity index (χ0n) is 14.4. The third-order valence-corrected chi connectivity index (χ3v) is 4.29. The van der Waals surface area contributed by atoms with E-state index in [0.717, 1.165) is 43.7 Å². The van der Waals surface area contributed by atoms with Crippen molar-refractivity contribution in [3.8, 4) is 0 Å². The Balaban J connectivity index is 2.21. The predicted molar refractivity (Wildman–Crippen MR) is 96.0 cm³/mol. The Labute approximate surface area is 143 Å². The second-order valence-electron chi connectivity index (χ2n) is 6.29. The maximum Gasteiger partial charge on any atom is 0.153 e. The number of benzene rings is 1. The molecule has 0 radical (unpaired) electrons. The van der Waals surface area contributed by atoms with Crippen molar-refractivity contribution in [2.24, 2.45) is 5.92 Å². The molecule has 1 fully saturated rings.